The fourth-order valence-corrected chi connectivity index (χ4v) is 1.87. The first-order valence-electron chi connectivity index (χ1n) is 7.12. The largest absolute Gasteiger partial charge is 0.478 e. The van der Waals surface area contributed by atoms with Crippen molar-refractivity contribution in [3.8, 4) is 0 Å². The molecule has 0 atom stereocenters. The minimum Gasteiger partial charge on any atom is -0.478 e. The molecule has 0 bridgehead atoms. The predicted molar refractivity (Wildman–Crippen MR) is 83.7 cm³/mol. The Kier molecular flexibility index (Phi) is 6.66. The molecule has 1 aromatic rings. The number of benzene rings is 1. The van der Waals surface area contributed by atoms with Gasteiger partial charge in [-0.2, -0.15) is 0 Å². The molecule has 0 saturated carbocycles. The predicted octanol–water partition coefficient (Wildman–Crippen LogP) is 3.18. The Hall–Kier alpha value is -2.10. The summed E-state index contributed by atoms with van der Waals surface area (Å²) in [4.78, 5) is 24.1. The highest BCUT2D eigenvalue weighted by Gasteiger charge is 2.09. The zero-order valence-corrected chi connectivity index (χ0v) is 12.9. The molecular weight excluding hydrogens is 266 g/mol. The van der Waals surface area contributed by atoms with Crippen molar-refractivity contribution < 1.29 is 14.7 Å². The second kappa shape index (κ2) is 8.25. The highest BCUT2D eigenvalue weighted by atomic mass is 16.4. The highest BCUT2D eigenvalue weighted by molar-refractivity contribution is 5.85. The Bertz CT molecular complexity index is 503. The average molecular weight is 289 g/mol. The molecule has 0 aliphatic rings. The molecule has 114 valence electrons. The molecule has 0 radical (unpaired) electrons. The van der Waals surface area contributed by atoms with Crippen molar-refractivity contribution in [2.45, 2.75) is 33.2 Å². The van der Waals surface area contributed by atoms with Gasteiger partial charge in [0.15, 0.2) is 0 Å². The Morgan fingerprint density at radius 1 is 1.24 bits per heavy atom. The number of hydrogen-bond acceptors (Lipinski definition) is 2. The molecule has 0 saturated heterocycles. The number of carbonyl (C=O) groups excluding carboxylic acids is 1. The second-order valence-electron chi connectivity index (χ2n) is 5.60. The summed E-state index contributed by atoms with van der Waals surface area (Å²) in [6.07, 6.45) is 4.13. The van der Waals surface area contributed by atoms with E-state index >= 15 is 0 Å². The minimum absolute atomic E-state index is 0.151. The summed E-state index contributed by atoms with van der Waals surface area (Å²) in [7, 11) is 1.81. The second-order valence-corrected chi connectivity index (χ2v) is 5.60. The van der Waals surface area contributed by atoms with Crippen molar-refractivity contribution in [1.82, 2.24) is 4.90 Å². The third kappa shape index (κ3) is 6.75. The summed E-state index contributed by atoms with van der Waals surface area (Å²) in [6.45, 7) is 4.78. The van der Waals surface area contributed by atoms with Gasteiger partial charge in [0.1, 0.15) is 0 Å². The van der Waals surface area contributed by atoms with E-state index in [9.17, 15) is 9.59 Å². The maximum Gasteiger partial charge on any atom is 0.328 e. The van der Waals surface area contributed by atoms with E-state index in [0.717, 1.165) is 23.6 Å². The first-order chi connectivity index (χ1) is 9.88. The zero-order valence-electron chi connectivity index (χ0n) is 12.9. The number of amides is 1. The maximum absolute atomic E-state index is 11.9. The molecule has 0 aliphatic heterocycles. The van der Waals surface area contributed by atoms with E-state index in [0.29, 0.717) is 18.9 Å². The topological polar surface area (TPSA) is 57.6 Å². The number of carboxylic acids is 1. The van der Waals surface area contributed by atoms with Crippen molar-refractivity contribution in [2.24, 2.45) is 5.92 Å². The van der Waals surface area contributed by atoms with Crippen LogP contribution in [0.4, 0.5) is 0 Å². The summed E-state index contributed by atoms with van der Waals surface area (Å²) < 4.78 is 0. The van der Waals surface area contributed by atoms with Crippen molar-refractivity contribution >= 4 is 18.0 Å². The van der Waals surface area contributed by atoms with Crippen molar-refractivity contribution in [2.75, 3.05) is 7.05 Å². The number of hydrogen-bond donors (Lipinski definition) is 1. The third-order valence-electron chi connectivity index (χ3n) is 3.18. The first-order valence-corrected chi connectivity index (χ1v) is 7.12. The van der Waals surface area contributed by atoms with Crippen LogP contribution in [0.5, 0.6) is 0 Å². The maximum atomic E-state index is 11.9. The molecule has 1 rings (SSSR count). The van der Waals surface area contributed by atoms with E-state index in [1.54, 1.807) is 18.0 Å². The van der Waals surface area contributed by atoms with Gasteiger partial charge in [0, 0.05) is 26.1 Å². The summed E-state index contributed by atoms with van der Waals surface area (Å²) in [5, 5.41) is 8.57. The van der Waals surface area contributed by atoms with Crippen LogP contribution in [0.1, 0.15) is 37.8 Å². The van der Waals surface area contributed by atoms with Crippen LogP contribution in [-0.4, -0.2) is 28.9 Å². The lowest BCUT2D eigenvalue weighted by Crippen LogP contribution is -2.26. The van der Waals surface area contributed by atoms with E-state index in [4.69, 9.17) is 5.11 Å². The van der Waals surface area contributed by atoms with Crippen LogP contribution < -0.4 is 0 Å². The molecule has 1 N–H and O–H groups in total. The fourth-order valence-electron chi connectivity index (χ4n) is 1.87. The van der Waals surface area contributed by atoms with Crippen molar-refractivity contribution in [3.05, 3.63) is 41.5 Å². The van der Waals surface area contributed by atoms with Gasteiger partial charge in [-0.05, 0) is 29.5 Å². The molecule has 0 aliphatic carbocycles. The zero-order chi connectivity index (χ0) is 15.8. The number of rotatable bonds is 7. The molecule has 4 heteroatoms. The lowest BCUT2D eigenvalue weighted by Gasteiger charge is -2.18. The summed E-state index contributed by atoms with van der Waals surface area (Å²) >= 11 is 0. The van der Waals surface area contributed by atoms with Crippen LogP contribution in [0.15, 0.2) is 30.3 Å². The van der Waals surface area contributed by atoms with Crippen LogP contribution in [0.2, 0.25) is 0 Å². The van der Waals surface area contributed by atoms with Crippen LogP contribution in [0.25, 0.3) is 6.08 Å². The smallest absolute Gasteiger partial charge is 0.328 e. The van der Waals surface area contributed by atoms with Crippen LogP contribution in [0.3, 0.4) is 0 Å². The van der Waals surface area contributed by atoms with Gasteiger partial charge in [0.05, 0.1) is 0 Å². The Labute approximate surface area is 126 Å². The molecule has 1 amide bonds. The van der Waals surface area contributed by atoms with Gasteiger partial charge in [0.25, 0.3) is 0 Å². The van der Waals surface area contributed by atoms with Crippen molar-refractivity contribution in [1.29, 1.82) is 0 Å². The average Bonchev–Trinajstić information content (AvgIpc) is 2.43. The van der Waals surface area contributed by atoms with Gasteiger partial charge in [0.2, 0.25) is 5.91 Å². The van der Waals surface area contributed by atoms with Crippen LogP contribution in [0, 0.1) is 5.92 Å². The molecule has 0 fully saturated rings. The molecule has 1 aromatic carbocycles. The molecule has 0 heterocycles. The molecule has 0 spiro atoms. The molecule has 21 heavy (non-hydrogen) atoms. The molecule has 4 nitrogen and oxygen atoms in total. The summed E-state index contributed by atoms with van der Waals surface area (Å²) in [6, 6.07) is 7.52. The first kappa shape index (κ1) is 17.0. The van der Waals surface area contributed by atoms with Crippen molar-refractivity contribution in [3.63, 3.8) is 0 Å². The quantitative estimate of drug-likeness (QED) is 0.784. The van der Waals surface area contributed by atoms with E-state index in [1.165, 1.54) is 0 Å². The van der Waals surface area contributed by atoms with Gasteiger partial charge < -0.3 is 10.0 Å². The van der Waals surface area contributed by atoms with Crippen LogP contribution >= 0.6 is 0 Å². The van der Waals surface area contributed by atoms with E-state index in [1.807, 2.05) is 24.3 Å². The number of carboxylic acid groups (broad SMARTS) is 1. The SMILES string of the molecule is CC(C)CCC(=O)N(C)Cc1ccc(C=CC(=O)O)cc1. The fraction of sp³-hybridized carbons (Fsp3) is 0.412. The number of nitrogens with zero attached hydrogens (tertiary/aromatic N) is 1. The summed E-state index contributed by atoms with van der Waals surface area (Å²) in [5.74, 6) is -0.282. The van der Waals surface area contributed by atoms with Gasteiger partial charge in [-0.15, -0.1) is 0 Å². The Morgan fingerprint density at radius 2 is 1.86 bits per heavy atom. The van der Waals surface area contributed by atoms with Gasteiger partial charge in [-0.3, -0.25) is 4.79 Å². The number of aliphatic carboxylic acids is 1. The monoisotopic (exact) mass is 289 g/mol. The molecular formula is C17H23NO3. The van der Waals surface area contributed by atoms with Gasteiger partial charge in [-0.1, -0.05) is 38.1 Å². The standard InChI is InChI=1S/C17H23NO3/c1-13(2)4-10-16(19)18(3)12-15-7-5-14(6-8-15)9-11-17(20)21/h5-9,11,13H,4,10,12H2,1-3H3,(H,20,21). The third-order valence-corrected chi connectivity index (χ3v) is 3.18. The minimum atomic E-state index is -0.963. The highest BCUT2D eigenvalue weighted by Crippen LogP contribution is 2.11. The van der Waals surface area contributed by atoms with Gasteiger partial charge >= 0.3 is 5.97 Å². The van der Waals surface area contributed by atoms with E-state index < -0.39 is 5.97 Å². The number of carbonyl (C=O) groups is 2. The normalized spacial score (nSPS) is 11.0. The van der Waals surface area contributed by atoms with E-state index in [2.05, 4.69) is 13.8 Å². The Morgan fingerprint density at radius 3 is 2.38 bits per heavy atom. The molecule has 0 aromatic heterocycles. The molecule has 0 unspecified atom stereocenters. The lowest BCUT2D eigenvalue weighted by atomic mass is 10.1. The van der Waals surface area contributed by atoms with Gasteiger partial charge in [-0.25, -0.2) is 4.79 Å². The Balaban J connectivity index is 2.55. The van der Waals surface area contributed by atoms with E-state index in [-0.39, 0.29) is 5.91 Å². The summed E-state index contributed by atoms with van der Waals surface area (Å²) in [5.41, 5.74) is 1.86. The van der Waals surface area contributed by atoms with Crippen LogP contribution in [-0.2, 0) is 16.1 Å². The lowest BCUT2D eigenvalue weighted by molar-refractivity contribution is -0.131.